The van der Waals surface area contributed by atoms with Crippen LogP contribution in [-0.4, -0.2) is 5.91 Å². The molecule has 4 rings (SSSR count). The van der Waals surface area contributed by atoms with Gasteiger partial charge in [-0.25, -0.2) is 0 Å². The molecule has 0 saturated carbocycles. The van der Waals surface area contributed by atoms with Gasteiger partial charge in [0, 0.05) is 5.56 Å². The molecule has 1 N–H and O–H groups in total. The predicted molar refractivity (Wildman–Crippen MR) is 115 cm³/mol. The molecule has 3 nitrogen and oxygen atoms in total. The SMILES string of the molecule is O=C(N[C@@H]1CCCc2ccccc21)c1ccc(COc2ccccc2Br)cc1. The Morgan fingerprint density at radius 1 is 1.00 bits per heavy atom. The second kappa shape index (κ2) is 8.61. The fourth-order valence-electron chi connectivity index (χ4n) is 3.62. The van der Waals surface area contributed by atoms with Crippen LogP contribution in [0.3, 0.4) is 0 Å². The Labute approximate surface area is 173 Å². The fraction of sp³-hybridized carbons (Fsp3) is 0.208. The highest BCUT2D eigenvalue weighted by atomic mass is 79.9. The van der Waals surface area contributed by atoms with Gasteiger partial charge >= 0.3 is 0 Å². The number of para-hydroxylation sites is 1. The van der Waals surface area contributed by atoms with Crippen molar-refractivity contribution in [2.24, 2.45) is 0 Å². The summed E-state index contributed by atoms with van der Waals surface area (Å²) in [5.74, 6) is 0.778. The van der Waals surface area contributed by atoms with E-state index < -0.39 is 0 Å². The molecule has 0 bridgehead atoms. The Hall–Kier alpha value is -2.59. The number of nitrogens with one attached hydrogen (secondary N) is 1. The van der Waals surface area contributed by atoms with Crippen LogP contribution < -0.4 is 10.1 Å². The van der Waals surface area contributed by atoms with Crippen molar-refractivity contribution in [1.29, 1.82) is 0 Å². The molecule has 0 aliphatic heterocycles. The fourth-order valence-corrected chi connectivity index (χ4v) is 4.02. The maximum Gasteiger partial charge on any atom is 0.251 e. The topological polar surface area (TPSA) is 38.3 Å². The van der Waals surface area contributed by atoms with Gasteiger partial charge in [-0.1, -0.05) is 48.5 Å². The molecule has 142 valence electrons. The molecular weight excluding hydrogens is 414 g/mol. The minimum absolute atomic E-state index is 0.0278. The molecule has 1 amide bonds. The molecule has 1 aliphatic carbocycles. The van der Waals surface area contributed by atoms with Gasteiger partial charge in [0.05, 0.1) is 10.5 Å². The summed E-state index contributed by atoms with van der Waals surface area (Å²) >= 11 is 3.48. The van der Waals surface area contributed by atoms with Gasteiger partial charge in [0.25, 0.3) is 5.91 Å². The Kier molecular flexibility index (Phi) is 5.77. The number of carbonyl (C=O) groups is 1. The van der Waals surface area contributed by atoms with Crippen molar-refractivity contribution < 1.29 is 9.53 Å². The van der Waals surface area contributed by atoms with Crippen LogP contribution in [0.1, 0.15) is 45.9 Å². The van der Waals surface area contributed by atoms with E-state index in [4.69, 9.17) is 4.74 Å². The molecule has 0 aromatic heterocycles. The van der Waals surface area contributed by atoms with Crippen molar-refractivity contribution in [1.82, 2.24) is 5.32 Å². The number of hydrogen-bond acceptors (Lipinski definition) is 2. The second-order valence-electron chi connectivity index (χ2n) is 7.03. The number of aryl methyl sites for hydroxylation is 1. The average molecular weight is 436 g/mol. The van der Waals surface area contributed by atoms with E-state index in [1.165, 1.54) is 11.1 Å². The second-order valence-corrected chi connectivity index (χ2v) is 7.89. The summed E-state index contributed by atoms with van der Waals surface area (Å²) in [6.45, 7) is 0.459. The van der Waals surface area contributed by atoms with Gasteiger partial charge in [-0.05, 0) is 76.1 Å². The monoisotopic (exact) mass is 435 g/mol. The molecule has 4 heteroatoms. The van der Waals surface area contributed by atoms with Crippen molar-refractivity contribution in [3.8, 4) is 5.75 Å². The molecular formula is C24H22BrNO2. The number of carbonyl (C=O) groups excluding carboxylic acids is 1. The number of hydrogen-bond donors (Lipinski definition) is 1. The van der Waals surface area contributed by atoms with Gasteiger partial charge in [0.2, 0.25) is 0 Å². The summed E-state index contributed by atoms with van der Waals surface area (Å²) in [4.78, 5) is 12.7. The largest absolute Gasteiger partial charge is 0.488 e. The maximum atomic E-state index is 12.7. The van der Waals surface area contributed by atoms with Crippen molar-refractivity contribution in [3.63, 3.8) is 0 Å². The van der Waals surface area contributed by atoms with E-state index in [0.717, 1.165) is 35.0 Å². The van der Waals surface area contributed by atoms with Crippen molar-refractivity contribution in [2.75, 3.05) is 0 Å². The first kappa shape index (κ1) is 18.8. The highest BCUT2D eigenvalue weighted by Gasteiger charge is 2.21. The summed E-state index contributed by atoms with van der Waals surface area (Å²) < 4.78 is 6.77. The molecule has 0 radical (unpaired) electrons. The number of amides is 1. The molecule has 1 aliphatic rings. The zero-order valence-corrected chi connectivity index (χ0v) is 17.1. The minimum atomic E-state index is -0.0278. The molecule has 0 unspecified atom stereocenters. The average Bonchev–Trinajstić information content (AvgIpc) is 2.74. The van der Waals surface area contributed by atoms with Crippen LogP contribution in [0.15, 0.2) is 77.3 Å². The highest BCUT2D eigenvalue weighted by molar-refractivity contribution is 9.10. The van der Waals surface area contributed by atoms with Crippen LogP contribution in [0, 0.1) is 0 Å². The molecule has 0 fully saturated rings. The lowest BCUT2D eigenvalue weighted by atomic mass is 9.87. The van der Waals surface area contributed by atoms with Crippen molar-refractivity contribution in [2.45, 2.75) is 31.9 Å². The lowest BCUT2D eigenvalue weighted by Crippen LogP contribution is -2.30. The summed E-state index contributed by atoms with van der Waals surface area (Å²) in [6, 6.07) is 23.9. The number of fused-ring (bicyclic) bond motifs is 1. The van der Waals surface area contributed by atoms with Crippen molar-refractivity contribution >= 4 is 21.8 Å². The van der Waals surface area contributed by atoms with E-state index in [0.29, 0.717) is 12.2 Å². The van der Waals surface area contributed by atoms with Crippen LogP contribution in [0.5, 0.6) is 5.75 Å². The van der Waals surface area contributed by atoms with E-state index in [1.54, 1.807) is 0 Å². The molecule has 0 heterocycles. The third kappa shape index (κ3) is 4.28. The molecule has 28 heavy (non-hydrogen) atoms. The Bertz CT molecular complexity index is 968. The van der Waals surface area contributed by atoms with Crippen LogP contribution in [0.4, 0.5) is 0 Å². The zero-order chi connectivity index (χ0) is 19.3. The van der Waals surface area contributed by atoms with Gasteiger partial charge in [-0.3, -0.25) is 4.79 Å². The number of benzene rings is 3. The molecule has 1 atom stereocenters. The van der Waals surface area contributed by atoms with Gasteiger partial charge in [0.1, 0.15) is 12.4 Å². The Morgan fingerprint density at radius 3 is 2.57 bits per heavy atom. The van der Waals surface area contributed by atoms with E-state index in [1.807, 2.05) is 54.6 Å². The first-order chi connectivity index (χ1) is 13.7. The molecule has 0 spiro atoms. The lowest BCUT2D eigenvalue weighted by molar-refractivity contribution is 0.0932. The lowest BCUT2D eigenvalue weighted by Gasteiger charge is -2.26. The highest BCUT2D eigenvalue weighted by Crippen LogP contribution is 2.29. The molecule has 3 aromatic rings. The third-order valence-electron chi connectivity index (χ3n) is 5.12. The van der Waals surface area contributed by atoms with Gasteiger partial charge in [-0.15, -0.1) is 0 Å². The third-order valence-corrected chi connectivity index (χ3v) is 5.78. The first-order valence-electron chi connectivity index (χ1n) is 9.55. The Balaban J connectivity index is 1.39. The van der Waals surface area contributed by atoms with Crippen LogP contribution in [-0.2, 0) is 13.0 Å². The number of ether oxygens (including phenoxy) is 1. The first-order valence-corrected chi connectivity index (χ1v) is 10.3. The van der Waals surface area contributed by atoms with Crippen LogP contribution in [0.25, 0.3) is 0 Å². The van der Waals surface area contributed by atoms with Crippen LogP contribution >= 0.6 is 15.9 Å². The van der Waals surface area contributed by atoms with Crippen molar-refractivity contribution in [3.05, 3.63) is 99.5 Å². The smallest absolute Gasteiger partial charge is 0.251 e. The normalized spacial score (nSPS) is 15.5. The standard InChI is InChI=1S/C24H22BrNO2/c25-21-9-3-4-11-23(21)28-16-17-12-14-19(15-13-17)24(27)26-22-10-5-7-18-6-1-2-8-20(18)22/h1-4,6,8-9,11-15,22H,5,7,10,16H2,(H,26,27)/t22-/m1/s1. The summed E-state index contributed by atoms with van der Waals surface area (Å²) in [7, 11) is 0. The molecule has 3 aromatic carbocycles. The summed E-state index contributed by atoms with van der Waals surface area (Å²) in [5.41, 5.74) is 4.29. The number of rotatable bonds is 5. The van der Waals surface area contributed by atoms with Crippen LogP contribution in [0.2, 0.25) is 0 Å². The van der Waals surface area contributed by atoms with Gasteiger partial charge < -0.3 is 10.1 Å². The predicted octanol–water partition coefficient (Wildman–Crippen LogP) is 5.84. The van der Waals surface area contributed by atoms with Gasteiger partial charge in [-0.2, -0.15) is 0 Å². The minimum Gasteiger partial charge on any atom is -0.488 e. The quantitative estimate of drug-likeness (QED) is 0.546. The zero-order valence-electron chi connectivity index (χ0n) is 15.5. The summed E-state index contributed by atoms with van der Waals surface area (Å²) in [6.07, 6.45) is 3.18. The summed E-state index contributed by atoms with van der Waals surface area (Å²) in [5, 5.41) is 3.20. The maximum absolute atomic E-state index is 12.7. The van der Waals surface area contributed by atoms with Gasteiger partial charge in [0.15, 0.2) is 0 Å². The number of halogens is 1. The Morgan fingerprint density at radius 2 is 1.75 bits per heavy atom. The van der Waals surface area contributed by atoms with E-state index in [9.17, 15) is 4.79 Å². The van der Waals surface area contributed by atoms with E-state index in [2.05, 4.69) is 39.4 Å². The van der Waals surface area contributed by atoms with E-state index in [-0.39, 0.29) is 11.9 Å². The molecule has 0 saturated heterocycles. The van der Waals surface area contributed by atoms with E-state index >= 15 is 0 Å².